The summed E-state index contributed by atoms with van der Waals surface area (Å²) in [6, 6.07) is -0.985. The minimum atomic E-state index is -1.26. The molecule has 0 bridgehead atoms. The molecule has 0 saturated carbocycles. The quantitative estimate of drug-likeness (QED) is 0.0342. The Morgan fingerprint density at radius 2 is 0.870 bits per heavy atom. The summed E-state index contributed by atoms with van der Waals surface area (Å²) in [5.74, 6) is -0.592. The highest BCUT2D eigenvalue weighted by Gasteiger charge is 2.28. The van der Waals surface area contributed by atoms with E-state index in [-0.39, 0.29) is 0 Å². The Hall–Kier alpha value is -0.950. The summed E-state index contributed by atoms with van der Waals surface area (Å²) in [7, 11) is 0. The van der Waals surface area contributed by atoms with Gasteiger partial charge >= 0.3 is 0 Å². The summed E-state index contributed by atoms with van der Waals surface area (Å²) >= 11 is 0. The first-order valence-electron chi connectivity index (χ1n) is 20.1. The molecule has 0 aliphatic rings. The smallest absolute Gasteiger partial charge is 0.249 e. The fourth-order valence-electron chi connectivity index (χ4n) is 6.22. The number of aliphatic hydroxyl groups is 4. The van der Waals surface area contributed by atoms with E-state index in [0.717, 1.165) is 51.4 Å². The second kappa shape index (κ2) is 35.4. The molecule has 274 valence electrons. The third-order valence-corrected chi connectivity index (χ3v) is 9.48. The molecule has 46 heavy (non-hydrogen) atoms. The van der Waals surface area contributed by atoms with Gasteiger partial charge in [-0.2, -0.15) is 0 Å². The zero-order valence-corrected chi connectivity index (χ0v) is 30.6. The van der Waals surface area contributed by atoms with Gasteiger partial charge in [-0.1, -0.05) is 180 Å². The lowest BCUT2D eigenvalue weighted by Crippen LogP contribution is -2.53. The molecular weight excluding hydrogens is 574 g/mol. The van der Waals surface area contributed by atoms with Crippen LogP contribution in [0.3, 0.4) is 0 Å². The topological polar surface area (TPSA) is 110 Å². The van der Waals surface area contributed by atoms with Crippen molar-refractivity contribution in [2.24, 2.45) is 0 Å². The molecule has 5 N–H and O–H groups in total. The number of hydrogen-bond acceptors (Lipinski definition) is 5. The van der Waals surface area contributed by atoms with E-state index < -0.39 is 36.9 Å². The average molecular weight is 654 g/mol. The van der Waals surface area contributed by atoms with Crippen molar-refractivity contribution >= 4 is 5.91 Å². The Morgan fingerprint density at radius 3 is 1.26 bits per heavy atom. The highest BCUT2D eigenvalue weighted by molar-refractivity contribution is 5.80. The molecular formula is C40H79NO5. The van der Waals surface area contributed by atoms with E-state index in [4.69, 9.17) is 0 Å². The van der Waals surface area contributed by atoms with E-state index in [1.807, 2.05) is 0 Å². The Labute approximate surface area is 285 Å². The molecule has 0 aliphatic carbocycles. The van der Waals surface area contributed by atoms with Crippen LogP contribution in [0.15, 0.2) is 12.2 Å². The Balaban J connectivity index is 3.79. The molecule has 0 heterocycles. The van der Waals surface area contributed by atoms with Crippen molar-refractivity contribution in [2.75, 3.05) is 6.61 Å². The first kappa shape index (κ1) is 45.0. The summed E-state index contributed by atoms with van der Waals surface area (Å²) in [4.78, 5) is 12.5. The Bertz CT molecular complexity index is 658. The SMILES string of the molecule is CCCCCCCCCCC/C=C\CCCCCCC(O)C(=O)NC(CO)C(O)C(O)CCCCCCCCCCCCCCC. The van der Waals surface area contributed by atoms with Crippen LogP contribution in [0.5, 0.6) is 0 Å². The van der Waals surface area contributed by atoms with Gasteiger partial charge in [-0.3, -0.25) is 4.79 Å². The molecule has 6 heteroatoms. The molecule has 0 aromatic heterocycles. The summed E-state index contributed by atoms with van der Waals surface area (Å²) in [5, 5.41) is 43.5. The zero-order chi connectivity index (χ0) is 33.9. The second-order valence-corrected chi connectivity index (χ2v) is 14.0. The van der Waals surface area contributed by atoms with Gasteiger partial charge < -0.3 is 25.7 Å². The lowest BCUT2D eigenvalue weighted by atomic mass is 9.99. The number of amides is 1. The van der Waals surface area contributed by atoms with E-state index in [1.165, 1.54) is 128 Å². The van der Waals surface area contributed by atoms with Crippen molar-refractivity contribution in [3.8, 4) is 0 Å². The van der Waals surface area contributed by atoms with Crippen LogP contribution in [-0.4, -0.2) is 57.3 Å². The van der Waals surface area contributed by atoms with Crippen LogP contribution >= 0.6 is 0 Å². The van der Waals surface area contributed by atoms with Gasteiger partial charge in [-0.25, -0.2) is 0 Å². The first-order chi connectivity index (χ1) is 22.5. The van der Waals surface area contributed by atoms with Gasteiger partial charge in [0.1, 0.15) is 12.2 Å². The van der Waals surface area contributed by atoms with E-state index >= 15 is 0 Å². The molecule has 0 saturated heterocycles. The summed E-state index contributed by atoms with van der Waals surface area (Å²) in [6.07, 6.45) is 36.6. The standard InChI is InChI=1S/C40H79NO5/c1-3-5-7-9-11-13-15-17-18-19-20-22-24-26-28-30-32-34-38(44)40(46)41-36(35-42)39(45)37(43)33-31-29-27-25-23-21-16-14-12-10-8-6-4-2/h20,22,36-39,42-45H,3-19,21,23-35H2,1-2H3,(H,41,46)/b22-20-. The molecule has 0 aromatic rings. The summed E-state index contributed by atoms with van der Waals surface area (Å²) in [6.45, 7) is 4.03. The van der Waals surface area contributed by atoms with E-state index in [1.54, 1.807) is 0 Å². The van der Waals surface area contributed by atoms with Crippen molar-refractivity contribution in [1.82, 2.24) is 5.32 Å². The van der Waals surface area contributed by atoms with Gasteiger partial charge in [0.2, 0.25) is 5.91 Å². The molecule has 0 rings (SSSR count). The van der Waals surface area contributed by atoms with Gasteiger partial charge in [-0.15, -0.1) is 0 Å². The maximum atomic E-state index is 12.5. The van der Waals surface area contributed by atoms with Crippen molar-refractivity contribution in [2.45, 2.75) is 231 Å². The Kier molecular flexibility index (Phi) is 34.6. The average Bonchev–Trinajstić information content (AvgIpc) is 3.06. The van der Waals surface area contributed by atoms with Crippen LogP contribution in [-0.2, 0) is 4.79 Å². The van der Waals surface area contributed by atoms with Crippen LogP contribution in [0, 0.1) is 0 Å². The second-order valence-electron chi connectivity index (χ2n) is 14.0. The van der Waals surface area contributed by atoms with Crippen molar-refractivity contribution in [3.05, 3.63) is 12.2 Å². The summed E-state index contributed by atoms with van der Waals surface area (Å²) in [5.41, 5.74) is 0. The third kappa shape index (κ3) is 29.2. The fraction of sp³-hybridized carbons (Fsp3) is 0.925. The molecule has 4 unspecified atom stereocenters. The lowest BCUT2D eigenvalue weighted by Gasteiger charge is -2.27. The lowest BCUT2D eigenvalue weighted by molar-refractivity contribution is -0.132. The van der Waals surface area contributed by atoms with Crippen molar-refractivity contribution in [3.63, 3.8) is 0 Å². The highest BCUT2D eigenvalue weighted by atomic mass is 16.3. The molecule has 0 radical (unpaired) electrons. The maximum absolute atomic E-state index is 12.5. The Morgan fingerprint density at radius 1 is 0.522 bits per heavy atom. The van der Waals surface area contributed by atoms with Gasteiger partial charge in [0.05, 0.1) is 18.8 Å². The number of nitrogens with one attached hydrogen (secondary N) is 1. The molecule has 1 amide bonds. The zero-order valence-electron chi connectivity index (χ0n) is 30.6. The van der Waals surface area contributed by atoms with Crippen LogP contribution < -0.4 is 5.32 Å². The van der Waals surface area contributed by atoms with Crippen molar-refractivity contribution in [1.29, 1.82) is 0 Å². The fourth-order valence-corrected chi connectivity index (χ4v) is 6.22. The first-order valence-corrected chi connectivity index (χ1v) is 20.1. The van der Waals surface area contributed by atoms with Gasteiger partial charge in [0.25, 0.3) is 0 Å². The number of rotatable bonds is 36. The van der Waals surface area contributed by atoms with Crippen LogP contribution in [0.4, 0.5) is 0 Å². The predicted molar refractivity (Wildman–Crippen MR) is 196 cm³/mol. The van der Waals surface area contributed by atoms with Crippen LogP contribution in [0.1, 0.15) is 206 Å². The number of carbonyl (C=O) groups excluding carboxylic acids is 1. The van der Waals surface area contributed by atoms with Crippen LogP contribution in [0.2, 0.25) is 0 Å². The molecule has 6 nitrogen and oxygen atoms in total. The molecule has 0 aliphatic heterocycles. The van der Waals surface area contributed by atoms with E-state index in [2.05, 4.69) is 31.3 Å². The maximum Gasteiger partial charge on any atom is 0.249 e. The number of carbonyl (C=O) groups is 1. The number of hydrogen-bond donors (Lipinski definition) is 5. The minimum absolute atomic E-state index is 0.357. The van der Waals surface area contributed by atoms with Gasteiger partial charge in [0.15, 0.2) is 0 Å². The minimum Gasteiger partial charge on any atom is -0.394 e. The molecule has 0 aromatic carbocycles. The largest absolute Gasteiger partial charge is 0.394 e. The van der Waals surface area contributed by atoms with E-state index in [9.17, 15) is 25.2 Å². The predicted octanol–water partition coefficient (Wildman–Crippen LogP) is 9.85. The van der Waals surface area contributed by atoms with Gasteiger partial charge in [0, 0.05) is 0 Å². The molecule has 0 fully saturated rings. The summed E-state index contributed by atoms with van der Waals surface area (Å²) < 4.78 is 0. The highest BCUT2D eigenvalue weighted by Crippen LogP contribution is 2.16. The number of aliphatic hydroxyl groups excluding tert-OH is 4. The normalized spacial score (nSPS) is 14.5. The van der Waals surface area contributed by atoms with Crippen molar-refractivity contribution < 1.29 is 25.2 Å². The van der Waals surface area contributed by atoms with Gasteiger partial charge in [-0.05, 0) is 38.5 Å². The number of unbranched alkanes of at least 4 members (excludes halogenated alkanes) is 25. The molecule has 4 atom stereocenters. The monoisotopic (exact) mass is 654 g/mol. The number of allylic oxidation sites excluding steroid dienone is 2. The van der Waals surface area contributed by atoms with E-state index in [0.29, 0.717) is 12.8 Å². The molecule has 0 spiro atoms. The third-order valence-electron chi connectivity index (χ3n) is 9.48. The van der Waals surface area contributed by atoms with Crippen LogP contribution in [0.25, 0.3) is 0 Å².